The van der Waals surface area contributed by atoms with Crippen molar-refractivity contribution in [2.24, 2.45) is 0 Å². The minimum absolute atomic E-state index is 0.0262. The number of nitrogens with zero attached hydrogens (tertiary/aromatic N) is 2. The number of carbonyl (C=O) groups excluding carboxylic acids is 1. The highest BCUT2D eigenvalue weighted by molar-refractivity contribution is 6.04. The Labute approximate surface area is 151 Å². The smallest absolute Gasteiger partial charge is 0.272 e. The highest BCUT2D eigenvalue weighted by Gasteiger charge is 2.26. The summed E-state index contributed by atoms with van der Waals surface area (Å²) in [5.74, 6) is 1.53. The maximum atomic E-state index is 12.7. The number of para-hydroxylation sites is 1. The van der Waals surface area contributed by atoms with Gasteiger partial charge in [-0.1, -0.05) is 18.2 Å². The van der Waals surface area contributed by atoms with Crippen molar-refractivity contribution in [1.29, 1.82) is 0 Å². The Bertz CT molecular complexity index is 895. The summed E-state index contributed by atoms with van der Waals surface area (Å²) in [6.07, 6.45) is 0. The van der Waals surface area contributed by atoms with Crippen LogP contribution in [0.15, 0.2) is 40.8 Å². The molecule has 4 rings (SSSR count). The Balaban J connectivity index is 1.51. The number of benzene rings is 1. The summed E-state index contributed by atoms with van der Waals surface area (Å²) in [6.45, 7) is 5.38. The van der Waals surface area contributed by atoms with Gasteiger partial charge in [0.25, 0.3) is 5.91 Å². The number of nitrogens with one attached hydrogen (secondary N) is 2. The fourth-order valence-corrected chi connectivity index (χ4v) is 3.34. The molecule has 2 aromatic heterocycles. The molecule has 0 aliphatic carbocycles. The van der Waals surface area contributed by atoms with Crippen LogP contribution in [0, 0.1) is 6.92 Å². The van der Waals surface area contributed by atoms with Gasteiger partial charge in [0.15, 0.2) is 5.69 Å². The molecule has 3 aromatic rings. The number of hydrogen-bond acceptors (Lipinski definition) is 5. The third-order valence-electron chi connectivity index (χ3n) is 4.72. The van der Waals surface area contributed by atoms with Gasteiger partial charge < -0.3 is 14.5 Å². The van der Waals surface area contributed by atoms with E-state index >= 15 is 0 Å². The van der Waals surface area contributed by atoms with Gasteiger partial charge >= 0.3 is 0 Å². The lowest BCUT2D eigenvalue weighted by atomic mass is 10.1. The van der Waals surface area contributed by atoms with E-state index in [-0.39, 0.29) is 11.9 Å². The predicted octanol–water partition coefficient (Wildman–Crippen LogP) is 2.27. The second kappa shape index (κ2) is 7.31. The molecule has 3 heterocycles. The first-order valence-electron chi connectivity index (χ1n) is 8.82. The van der Waals surface area contributed by atoms with Gasteiger partial charge in [-0.15, -0.1) is 0 Å². The standard InChI is InChI=1S/C19H22N4O3/c1-13-6-7-17(26-13)16(23-8-10-25-11-9-23)12-20-19(24)18-14-4-2-3-5-15(14)21-22-18/h2-7,16H,8-12H2,1H3,(H,20,24)(H,21,22). The molecule has 0 radical (unpaired) electrons. The first-order valence-corrected chi connectivity index (χ1v) is 8.82. The summed E-state index contributed by atoms with van der Waals surface area (Å²) in [4.78, 5) is 15.0. The summed E-state index contributed by atoms with van der Waals surface area (Å²) < 4.78 is 11.3. The summed E-state index contributed by atoms with van der Waals surface area (Å²) in [7, 11) is 0. The number of ether oxygens (including phenoxy) is 1. The van der Waals surface area contributed by atoms with Gasteiger partial charge in [0.05, 0.1) is 24.8 Å². The zero-order valence-electron chi connectivity index (χ0n) is 14.7. The van der Waals surface area contributed by atoms with Gasteiger partial charge in [-0.2, -0.15) is 5.10 Å². The van der Waals surface area contributed by atoms with Crippen molar-refractivity contribution in [2.75, 3.05) is 32.8 Å². The molecule has 2 N–H and O–H groups in total. The van der Waals surface area contributed by atoms with E-state index in [0.29, 0.717) is 25.5 Å². The number of H-pyrrole nitrogens is 1. The maximum absolute atomic E-state index is 12.7. The zero-order valence-corrected chi connectivity index (χ0v) is 14.7. The van der Waals surface area contributed by atoms with Crippen LogP contribution in [0.4, 0.5) is 0 Å². The molecule has 1 aliphatic heterocycles. The van der Waals surface area contributed by atoms with Gasteiger partial charge in [0.2, 0.25) is 0 Å². The van der Waals surface area contributed by atoms with Crippen LogP contribution in [-0.2, 0) is 4.74 Å². The number of furan rings is 1. The van der Waals surface area contributed by atoms with Crippen molar-refractivity contribution >= 4 is 16.8 Å². The van der Waals surface area contributed by atoms with Crippen LogP contribution in [0.2, 0.25) is 0 Å². The van der Waals surface area contributed by atoms with E-state index in [1.807, 2.05) is 43.3 Å². The first kappa shape index (κ1) is 16.8. The zero-order chi connectivity index (χ0) is 17.9. The van der Waals surface area contributed by atoms with E-state index in [4.69, 9.17) is 9.15 Å². The quantitative estimate of drug-likeness (QED) is 0.734. The fourth-order valence-electron chi connectivity index (χ4n) is 3.34. The average Bonchev–Trinajstić information content (AvgIpc) is 3.29. The van der Waals surface area contributed by atoms with Crippen molar-refractivity contribution in [3.63, 3.8) is 0 Å². The number of fused-ring (bicyclic) bond motifs is 1. The number of aromatic nitrogens is 2. The number of amides is 1. The van der Waals surface area contributed by atoms with Crippen molar-refractivity contribution in [1.82, 2.24) is 20.4 Å². The Morgan fingerprint density at radius 2 is 2.08 bits per heavy atom. The van der Waals surface area contributed by atoms with Gasteiger partial charge in [-0.25, -0.2) is 0 Å². The lowest BCUT2D eigenvalue weighted by molar-refractivity contribution is 0.0117. The molecule has 0 saturated carbocycles. The Kier molecular flexibility index (Phi) is 4.73. The Morgan fingerprint density at radius 1 is 1.27 bits per heavy atom. The molecule has 1 unspecified atom stereocenters. The maximum Gasteiger partial charge on any atom is 0.272 e. The molecule has 0 spiro atoms. The Hall–Kier alpha value is -2.64. The van der Waals surface area contributed by atoms with E-state index in [0.717, 1.165) is 35.5 Å². The van der Waals surface area contributed by atoms with Crippen molar-refractivity contribution in [2.45, 2.75) is 13.0 Å². The molecule has 1 aliphatic rings. The molecule has 1 fully saturated rings. The van der Waals surface area contributed by atoms with E-state index in [1.54, 1.807) is 0 Å². The predicted molar refractivity (Wildman–Crippen MR) is 97.0 cm³/mol. The molecular weight excluding hydrogens is 332 g/mol. The number of morpholine rings is 1. The number of hydrogen-bond donors (Lipinski definition) is 2. The normalized spacial score (nSPS) is 16.7. The van der Waals surface area contributed by atoms with Gasteiger partial charge in [0.1, 0.15) is 11.5 Å². The van der Waals surface area contributed by atoms with Crippen LogP contribution in [-0.4, -0.2) is 53.9 Å². The van der Waals surface area contributed by atoms with E-state index in [9.17, 15) is 4.79 Å². The minimum atomic E-state index is -0.191. The summed E-state index contributed by atoms with van der Waals surface area (Å²) >= 11 is 0. The van der Waals surface area contributed by atoms with Crippen LogP contribution in [0.5, 0.6) is 0 Å². The number of aryl methyl sites for hydroxylation is 1. The molecule has 1 atom stereocenters. The second-order valence-electron chi connectivity index (χ2n) is 6.44. The number of rotatable bonds is 5. The van der Waals surface area contributed by atoms with Crippen molar-refractivity contribution in [3.05, 3.63) is 53.6 Å². The van der Waals surface area contributed by atoms with E-state index < -0.39 is 0 Å². The SMILES string of the molecule is Cc1ccc(C(CNC(=O)c2n[nH]c3ccccc23)N2CCOCC2)o1. The van der Waals surface area contributed by atoms with Crippen LogP contribution in [0.3, 0.4) is 0 Å². The molecule has 7 heteroatoms. The number of carbonyl (C=O) groups is 1. The Morgan fingerprint density at radius 3 is 2.85 bits per heavy atom. The van der Waals surface area contributed by atoms with Crippen LogP contribution >= 0.6 is 0 Å². The summed E-state index contributed by atoms with van der Waals surface area (Å²) in [5, 5.41) is 10.9. The molecule has 26 heavy (non-hydrogen) atoms. The first-order chi connectivity index (χ1) is 12.7. The molecular formula is C19H22N4O3. The highest BCUT2D eigenvalue weighted by atomic mass is 16.5. The van der Waals surface area contributed by atoms with Gasteiger partial charge in [-0.05, 0) is 25.1 Å². The number of aromatic amines is 1. The minimum Gasteiger partial charge on any atom is -0.465 e. The molecule has 1 saturated heterocycles. The van der Waals surface area contributed by atoms with Gasteiger partial charge in [0, 0.05) is 25.0 Å². The monoisotopic (exact) mass is 354 g/mol. The summed E-state index contributed by atoms with van der Waals surface area (Å²) in [6, 6.07) is 11.5. The van der Waals surface area contributed by atoms with Crippen molar-refractivity contribution < 1.29 is 13.9 Å². The molecule has 1 amide bonds. The lowest BCUT2D eigenvalue weighted by Crippen LogP contribution is -2.43. The molecule has 0 bridgehead atoms. The van der Waals surface area contributed by atoms with Crippen LogP contribution in [0.1, 0.15) is 28.1 Å². The van der Waals surface area contributed by atoms with Crippen LogP contribution in [0.25, 0.3) is 10.9 Å². The summed E-state index contributed by atoms with van der Waals surface area (Å²) in [5.41, 5.74) is 1.26. The van der Waals surface area contributed by atoms with E-state index in [1.165, 1.54) is 0 Å². The van der Waals surface area contributed by atoms with Crippen LogP contribution < -0.4 is 5.32 Å². The second-order valence-corrected chi connectivity index (χ2v) is 6.44. The topological polar surface area (TPSA) is 83.4 Å². The molecule has 136 valence electrons. The molecule has 1 aromatic carbocycles. The average molecular weight is 354 g/mol. The largest absolute Gasteiger partial charge is 0.465 e. The van der Waals surface area contributed by atoms with Gasteiger partial charge in [-0.3, -0.25) is 14.8 Å². The van der Waals surface area contributed by atoms with E-state index in [2.05, 4.69) is 20.4 Å². The third kappa shape index (κ3) is 3.36. The lowest BCUT2D eigenvalue weighted by Gasteiger charge is -2.33. The highest BCUT2D eigenvalue weighted by Crippen LogP contribution is 2.23. The third-order valence-corrected chi connectivity index (χ3v) is 4.72. The van der Waals surface area contributed by atoms with Crippen molar-refractivity contribution in [3.8, 4) is 0 Å². The fraction of sp³-hybridized carbons (Fsp3) is 0.368. The molecule has 7 nitrogen and oxygen atoms in total.